The van der Waals surface area contributed by atoms with E-state index in [9.17, 15) is 14.0 Å². The molecule has 0 heterocycles. The van der Waals surface area contributed by atoms with E-state index < -0.39 is 11.8 Å². The molecule has 1 rings (SSSR count). The highest BCUT2D eigenvalue weighted by atomic mass is 19.1. The van der Waals surface area contributed by atoms with Crippen molar-refractivity contribution in [2.75, 3.05) is 11.9 Å². The molecule has 5 heteroatoms. The van der Waals surface area contributed by atoms with Gasteiger partial charge in [0.25, 0.3) is 0 Å². The summed E-state index contributed by atoms with van der Waals surface area (Å²) in [5.74, 6) is -1.80. The Bertz CT molecular complexity index is 432. The predicted molar refractivity (Wildman–Crippen MR) is 61.8 cm³/mol. The molecular weight excluding hydrogens is 225 g/mol. The predicted octanol–water partition coefficient (Wildman–Crippen LogP) is 2.30. The fraction of sp³-hybridized carbons (Fsp3) is 0.333. The lowest BCUT2D eigenvalue weighted by atomic mass is 10.1. The van der Waals surface area contributed by atoms with Gasteiger partial charge < -0.3 is 10.4 Å². The molecule has 0 spiro atoms. The van der Waals surface area contributed by atoms with Gasteiger partial charge in [0.05, 0.1) is 5.56 Å². The number of halogens is 1. The Kier molecular flexibility index (Phi) is 4.63. The van der Waals surface area contributed by atoms with E-state index in [2.05, 4.69) is 5.32 Å². The van der Waals surface area contributed by atoms with Gasteiger partial charge in [0.2, 0.25) is 0 Å². The van der Waals surface area contributed by atoms with Crippen molar-refractivity contribution in [3.63, 3.8) is 0 Å². The molecule has 0 fully saturated rings. The van der Waals surface area contributed by atoms with Gasteiger partial charge in [0, 0.05) is 18.7 Å². The first-order valence-electron chi connectivity index (χ1n) is 5.27. The molecule has 0 aromatic heterocycles. The number of carboxylic acids is 1. The van der Waals surface area contributed by atoms with Gasteiger partial charge in [-0.05, 0) is 25.5 Å². The number of carboxylic acid groups (broad SMARTS) is 1. The highest BCUT2D eigenvalue weighted by Gasteiger charge is 2.12. The van der Waals surface area contributed by atoms with E-state index in [0.29, 0.717) is 18.7 Å². The Morgan fingerprint density at radius 2 is 2.12 bits per heavy atom. The zero-order valence-electron chi connectivity index (χ0n) is 9.50. The zero-order chi connectivity index (χ0) is 12.8. The standard InChI is InChI=1S/C12H14FNO3/c1-8(15)12-9(13)4-2-5-10(12)14-7-3-6-11(16)17/h2,4-5,14H,3,6-7H2,1H3,(H,16,17). The number of carbonyl (C=O) groups is 2. The van der Waals surface area contributed by atoms with Crippen LogP contribution in [0.2, 0.25) is 0 Å². The van der Waals surface area contributed by atoms with Crippen LogP contribution in [-0.4, -0.2) is 23.4 Å². The number of carbonyl (C=O) groups excluding carboxylic acids is 1. The Balaban J connectivity index is 2.67. The summed E-state index contributed by atoms with van der Waals surface area (Å²) in [5.41, 5.74) is 0.422. The summed E-state index contributed by atoms with van der Waals surface area (Å²) in [4.78, 5) is 21.6. The molecular formula is C12H14FNO3. The molecule has 0 aliphatic carbocycles. The van der Waals surface area contributed by atoms with Crippen LogP contribution in [0.1, 0.15) is 30.1 Å². The normalized spacial score (nSPS) is 10.0. The topological polar surface area (TPSA) is 66.4 Å². The van der Waals surface area contributed by atoms with Crippen molar-refractivity contribution >= 4 is 17.4 Å². The van der Waals surface area contributed by atoms with Gasteiger partial charge in [0.15, 0.2) is 5.78 Å². The molecule has 0 amide bonds. The summed E-state index contributed by atoms with van der Waals surface area (Å²) in [5, 5.41) is 11.3. The van der Waals surface area contributed by atoms with Gasteiger partial charge in [0.1, 0.15) is 5.82 Å². The number of rotatable bonds is 6. The average Bonchev–Trinajstić information content (AvgIpc) is 2.23. The number of aliphatic carboxylic acids is 1. The molecule has 0 unspecified atom stereocenters. The molecule has 2 N–H and O–H groups in total. The van der Waals surface area contributed by atoms with Crippen LogP contribution in [0.4, 0.5) is 10.1 Å². The number of Topliss-reactive ketones (excluding diaryl/α,β-unsaturated/α-hetero) is 1. The molecule has 0 aliphatic heterocycles. The van der Waals surface area contributed by atoms with Crippen molar-refractivity contribution in [1.82, 2.24) is 0 Å². The van der Waals surface area contributed by atoms with E-state index in [4.69, 9.17) is 5.11 Å². The summed E-state index contributed by atoms with van der Waals surface area (Å²) in [6.07, 6.45) is 0.459. The van der Waals surface area contributed by atoms with Crippen molar-refractivity contribution < 1.29 is 19.1 Å². The molecule has 17 heavy (non-hydrogen) atoms. The first kappa shape index (κ1) is 13.2. The molecule has 0 saturated heterocycles. The highest BCUT2D eigenvalue weighted by molar-refractivity contribution is 5.99. The van der Waals surface area contributed by atoms with Gasteiger partial charge in [-0.1, -0.05) is 6.07 Å². The number of nitrogens with one attached hydrogen (secondary N) is 1. The summed E-state index contributed by atoms with van der Waals surface area (Å²) in [6.45, 7) is 1.68. The van der Waals surface area contributed by atoms with Crippen molar-refractivity contribution in [1.29, 1.82) is 0 Å². The second-order valence-corrected chi connectivity index (χ2v) is 3.64. The van der Waals surface area contributed by atoms with Gasteiger partial charge in [-0.25, -0.2) is 4.39 Å². The van der Waals surface area contributed by atoms with E-state index in [0.717, 1.165) is 0 Å². The third-order valence-electron chi connectivity index (χ3n) is 2.25. The molecule has 0 radical (unpaired) electrons. The maximum absolute atomic E-state index is 13.4. The fourth-order valence-corrected chi connectivity index (χ4v) is 1.49. The number of ketones is 1. The minimum absolute atomic E-state index is 0.0165. The van der Waals surface area contributed by atoms with Crippen LogP contribution >= 0.6 is 0 Å². The van der Waals surface area contributed by atoms with E-state index >= 15 is 0 Å². The first-order valence-corrected chi connectivity index (χ1v) is 5.27. The molecule has 1 aromatic carbocycles. The average molecular weight is 239 g/mol. The zero-order valence-corrected chi connectivity index (χ0v) is 9.50. The Morgan fingerprint density at radius 3 is 2.71 bits per heavy atom. The van der Waals surface area contributed by atoms with Gasteiger partial charge in [-0.2, -0.15) is 0 Å². The number of hydrogen-bond acceptors (Lipinski definition) is 3. The van der Waals surface area contributed by atoms with Crippen LogP contribution in [0.3, 0.4) is 0 Å². The second kappa shape index (κ2) is 5.98. The third kappa shape index (κ3) is 3.86. The summed E-state index contributed by atoms with van der Waals surface area (Å²) >= 11 is 0. The molecule has 0 bridgehead atoms. The molecule has 4 nitrogen and oxygen atoms in total. The van der Waals surface area contributed by atoms with Gasteiger partial charge >= 0.3 is 5.97 Å². The van der Waals surface area contributed by atoms with E-state index in [1.165, 1.54) is 19.1 Å². The molecule has 92 valence electrons. The van der Waals surface area contributed by atoms with Crippen molar-refractivity contribution in [3.05, 3.63) is 29.6 Å². The minimum atomic E-state index is -0.877. The number of hydrogen-bond donors (Lipinski definition) is 2. The smallest absolute Gasteiger partial charge is 0.303 e. The van der Waals surface area contributed by atoms with Crippen molar-refractivity contribution in [3.8, 4) is 0 Å². The van der Waals surface area contributed by atoms with Crippen LogP contribution < -0.4 is 5.32 Å². The Labute approximate surface area is 98.5 Å². The van der Waals surface area contributed by atoms with E-state index in [1.807, 2.05) is 0 Å². The first-order chi connectivity index (χ1) is 8.02. The molecule has 0 saturated carbocycles. The highest BCUT2D eigenvalue weighted by Crippen LogP contribution is 2.19. The maximum atomic E-state index is 13.4. The van der Waals surface area contributed by atoms with Gasteiger partial charge in [-0.3, -0.25) is 9.59 Å². The maximum Gasteiger partial charge on any atom is 0.303 e. The Hall–Kier alpha value is -1.91. The van der Waals surface area contributed by atoms with Crippen LogP contribution in [0, 0.1) is 5.82 Å². The van der Waals surface area contributed by atoms with Crippen LogP contribution in [0.5, 0.6) is 0 Å². The lowest BCUT2D eigenvalue weighted by Crippen LogP contribution is -2.09. The van der Waals surface area contributed by atoms with Crippen molar-refractivity contribution in [2.24, 2.45) is 0 Å². The van der Waals surface area contributed by atoms with E-state index in [1.54, 1.807) is 6.07 Å². The molecule has 1 aromatic rings. The fourth-order valence-electron chi connectivity index (χ4n) is 1.49. The quantitative estimate of drug-likeness (QED) is 0.590. The van der Waals surface area contributed by atoms with Crippen LogP contribution in [0.15, 0.2) is 18.2 Å². The van der Waals surface area contributed by atoms with Gasteiger partial charge in [-0.15, -0.1) is 0 Å². The van der Waals surface area contributed by atoms with Crippen LogP contribution in [-0.2, 0) is 4.79 Å². The summed E-state index contributed by atoms with van der Waals surface area (Å²) in [7, 11) is 0. The van der Waals surface area contributed by atoms with E-state index in [-0.39, 0.29) is 17.8 Å². The third-order valence-corrected chi connectivity index (χ3v) is 2.25. The summed E-state index contributed by atoms with van der Waals surface area (Å²) in [6, 6.07) is 4.32. The summed E-state index contributed by atoms with van der Waals surface area (Å²) < 4.78 is 13.4. The van der Waals surface area contributed by atoms with Crippen LogP contribution in [0.25, 0.3) is 0 Å². The molecule has 0 atom stereocenters. The van der Waals surface area contributed by atoms with Crippen molar-refractivity contribution in [2.45, 2.75) is 19.8 Å². The lowest BCUT2D eigenvalue weighted by molar-refractivity contribution is -0.137. The lowest BCUT2D eigenvalue weighted by Gasteiger charge is -2.10. The monoisotopic (exact) mass is 239 g/mol. The largest absolute Gasteiger partial charge is 0.481 e. The molecule has 0 aliphatic rings. The number of benzene rings is 1. The Morgan fingerprint density at radius 1 is 1.41 bits per heavy atom. The minimum Gasteiger partial charge on any atom is -0.481 e. The second-order valence-electron chi connectivity index (χ2n) is 3.64. The SMILES string of the molecule is CC(=O)c1c(F)cccc1NCCCC(=O)O. The number of anilines is 1.